The van der Waals surface area contributed by atoms with Crippen LogP contribution in [0.2, 0.25) is 0 Å². The zero-order valence-corrected chi connectivity index (χ0v) is 24.7. The van der Waals surface area contributed by atoms with Crippen molar-refractivity contribution in [3.8, 4) is 11.5 Å². The Bertz CT molecular complexity index is 1010. The van der Waals surface area contributed by atoms with Gasteiger partial charge in [-0.05, 0) is 41.7 Å². The Kier molecular flexibility index (Phi) is 14.6. The highest BCUT2D eigenvalue weighted by atomic mass is 32.2. The monoisotopic (exact) mass is 553 g/mol. The van der Waals surface area contributed by atoms with Gasteiger partial charge in [-0.1, -0.05) is 89.7 Å². The first-order valence-corrected chi connectivity index (χ1v) is 15.7. The number of amides is 2. The highest BCUT2D eigenvalue weighted by molar-refractivity contribution is 8.02. The molecule has 2 aromatic carbocycles. The van der Waals surface area contributed by atoms with E-state index in [4.69, 9.17) is 9.47 Å². The van der Waals surface area contributed by atoms with E-state index >= 15 is 0 Å². The molecule has 0 bridgehead atoms. The maximum atomic E-state index is 12.6. The van der Waals surface area contributed by atoms with E-state index in [2.05, 4.69) is 40.1 Å². The fraction of sp³-hybridized carbons (Fsp3) is 0.531. The van der Waals surface area contributed by atoms with Gasteiger partial charge in [-0.25, -0.2) is 4.79 Å². The van der Waals surface area contributed by atoms with Gasteiger partial charge in [-0.3, -0.25) is 0 Å². The van der Waals surface area contributed by atoms with E-state index in [1.165, 1.54) is 70.6 Å². The summed E-state index contributed by atoms with van der Waals surface area (Å²) in [7, 11) is 1.62. The van der Waals surface area contributed by atoms with E-state index in [0.717, 1.165) is 30.1 Å². The molecule has 2 aromatic rings. The number of thioether (sulfide) groups is 1. The second-order valence-corrected chi connectivity index (χ2v) is 11.1. The van der Waals surface area contributed by atoms with Crippen LogP contribution in [0.3, 0.4) is 0 Å². The average molecular weight is 554 g/mol. The van der Waals surface area contributed by atoms with Crippen LogP contribution in [0.5, 0.6) is 11.5 Å². The first-order chi connectivity index (χ1) is 19.2. The summed E-state index contributed by atoms with van der Waals surface area (Å²) in [6.45, 7) is 3.76. The van der Waals surface area contributed by atoms with Crippen LogP contribution in [0, 0.1) is 0 Å². The van der Waals surface area contributed by atoms with Crippen LogP contribution in [0.1, 0.15) is 89.5 Å². The summed E-state index contributed by atoms with van der Waals surface area (Å²) < 4.78 is 11.5. The van der Waals surface area contributed by atoms with Crippen molar-refractivity contribution < 1.29 is 14.3 Å². The van der Waals surface area contributed by atoms with E-state index < -0.39 is 0 Å². The SMILES string of the molecule is CCCCCCCCCCCCCCOc1ccc(NC(=O)Nc2cccc(CN3C=CSC3)c2)cc1OC. The lowest BCUT2D eigenvalue weighted by Gasteiger charge is -2.16. The zero-order chi connectivity index (χ0) is 27.5. The topological polar surface area (TPSA) is 62.8 Å². The van der Waals surface area contributed by atoms with Gasteiger partial charge in [0.2, 0.25) is 0 Å². The quantitative estimate of drug-likeness (QED) is 0.170. The third kappa shape index (κ3) is 12.3. The fourth-order valence-electron chi connectivity index (χ4n) is 4.67. The molecule has 0 aliphatic carbocycles. The largest absolute Gasteiger partial charge is 0.493 e. The molecule has 0 unspecified atom stereocenters. The minimum absolute atomic E-state index is 0.295. The second kappa shape index (κ2) is 18.5. The Balaban J connectivity index is 1.32. The summed E-state index contributed by atoms with van der Waals surface area (Å²) in [5, 5.41) is 7.91. The molecule has 1 aliphatic rings. The number of nitrogens with zero attached hydrogens (tertiary/aromatic N) is 1. The highest BCUT2D eigenvalue weighted by Crippen LogP contribution is 2.30. The third-order valence-corrected chi connectivity index (χ3v) is 7.65. The maximum absolute atomic E-state index is 12.6. The number of carbonyl (C=O) groups is 1. The maximum Gasteiger partial charge on any atom is 0.323 e. The van der Waals surface area contributed by atoms with Crippen LogP contribution in [-0.4, -0.2) is 30.5 Å². The van der Waals surface area contributed by atoms with Crippen LogP contribution < -0.4 is 20.1 Å². The number of hydrogen-bond acceptors (Lipinski definition) is 5. The van der Waals surface area contributed by atoms with Gasteiger partial charge in [0, 0.05) is 30.2 Å². The lowest BCUT2D eigenvalue weighted by atomic mass is 10.1. The summed E-state index contributed by atoms with van der Waals surface area (Å²) in [5.41, 5.74) is 2.56. The van der Waals surface area contributed by atoms with Gasteiger partial charge in [0.1, 0.15) is 0 Å². The number of urea groups is 1. The van der Waals surface area contributed by atoms with Gasteiger partial charge >= 0.3 is 6.03 Å². The number of benzene rings is 2. The van der Waals surface area contributed by atoms with E-state index in [1.54, 1.807) is 24.9 Å². The van der Waals surface area contributed by atoms with Crippen LogP contribution in [0.4, 0.5) is 16.2 Å². The normalized spacial score (nSPS) is 12.5. The van der Waals surface area contributed by atoms with Crippen molar-refractivity contribution in [2.75, 3.05) is 30.2 Å². The van der Waals surface area contributed by atoms with Gasteiger partial charge in [-0.15, -0.1) is 11.8 Å². The van der Waals surface area contributed by atoms with E-state index in [1.807, 2.05) is 30.3 Å². The van der Waals surface area contributed by atoms with Gasteiger partial charge in [-0.2, -0.15) is 0 Å². The Morgan fingerprint density at radius 1 is 0.846 bits per heavy atom. The summed E-state index contributed by atoms with van der Waals surface area (Å²) in [6, 6.07) is 13.1. The summed E-state index contributed by atoms with van der Waals surface area (Å²) in [6.07, 6.45) is 18.0. The summed E-state index contributed by atoms with van der Waals surface area (Å²) >= 11 is 1.78. The summed E-state index contributed by atoms with van der Waals surface area (Å²) in [4.78, 5) is 14.8. The number of methoxy groups -OCH3 is 1. The second-order valence-electron chi connectivity index (χ2n) is 10.2. The number of nitrogens with one attached hydrogen (secondary N) is 2. The molecule has 0 saturated carbocycles. The molecule has 0 aromatic heterocycles. The van der Waals surface area contributed by atoms with Crippen molar-refractivity contribution in [1.82, 2.24) is 4.90 Å². The van der Waals surface area contributed by atoms with Crippen molar-refractivity contribution in [2.24, 2.45) is 0 Å². The first-order valence-electron chi connectivity index (χ1n) is 14.7. The molecule has 2 N–H and O–H groups in total. The predicted molar refractivity (Wildman–Crippen MR) is 166 cm³/mol. The molecule has 1 heterocycles. The Morgan fingerprint density at radius 2 is 1.51 bits per heavy atom. The van der Waals surface area contributed by atoms with Gasteiger partial charge in [0.05, 0.1) is 19.6 Å². The highest BCUT2D eigenvalue weighted by Gasteiger charge is 2.10. The molecule has 1 aliphatic heterocycles. The van der Waals surface area contributed by atoms with E-state index in [9.17, 15) is 4.79 Å². The van der Waals surface area contributed by atoms with Crippen molar-refractivity contribution >= 4 is 29.2 Å². The van der Waals surface area contributed by atoms with Crippen LogP contribution in [0.25, 0.3) is 0 Å². The van der Waals surface area contributed by atoms with Crippen molar-refractivity contribution in [2.45, 2.75) is 90.5 Å². The molecular formula is C32H47N3O3S. The fourth-order valence-corrected chi connectivity index (χ4v) is 5.39. The van der Waals surface area contributed by atoms with Gasteiger partial charge < -0.3 is 25.0 Å². The van der Waals surface area contributed by atoms with Gasteiger partial charge in [0.15, 0.2) is 11.5 Å². The molecule has 0 fully saturated rings. The Hall–Kier alpha value is -2.80. The molecular weight excluding hydrogens is 506 g/mol. The molecule has 214 valence electrons. The predicted octanol–water partition coefficient (Wildman–Crippen LogP) is 9.40. The van der Waals surface area contributed by atoms with Crippen LogP contribution >= 0.6 is 11.8 Å². The number of ether oxygens (including phenoxy) is 2. The third-order valence-electron chi connectivity index (χ3n) is 6.86. The van der Waals surface area contributed by atoms with E-state index in [0.29, 0.717) is 23.8 Å². The van der Waals surface area contributed by atoms with Crippen LogP contribution in [-0.2, 0) is 6.54 Å². The lowest BCUT2D eigenvalue weighted by Crippen LogP contribution is -2.19. The molecule has 39 heavy (non-hydrogen) atoms. The molecule has 0 atom stereocenters. The zero-order valence-electron chi connectivity index (χ0n) is 23.9. The average Bonchev–Trinajstić information content (AvgIpc) is 3.45. The minimum atomic E-state index is -0.295. The van der Waals surface area contributed by atoms with Crippen molar-refractivity contribution in [3.05, 3.63) is 59.6 Å². The molecule has 7 heteroatoms. The Labute approximate surface area is 239 Å². The van der Waals surface area contributed by atoms with Crippen molar-refractivity contribution in [1.29, 1.82) is 0 Å². The number of unbranched alkanes of at least 4 members (excludes halogenated alkanes) is 11. The molecule has 6 nitrogen and oxygen atoms in total. The molecule has 0 saturated heterocycles. The van der Waals surface area contributed by atoms with Crippen molar-refractivity contribution in [3.63, 3.8) is 0 Å². The molecule has 0 spiro atoms. The number of rotatable bonds is 19. The smallest absolute Gasteiger partial charge is 0.323 e. The molecule has 2 amide bonds. The standard InChI is InChI=1S/C32H47N3O3S/c1-3-4-5-6-7-8-9-10-11-12-13-14-21-38-30-19-18-29(24-31(30)37-2)34-32(36)33-28-17-15-16-27(23-28)25-35-20-22-39-26-35/h15-20,22-24H,3-14,21,25-26H2,1-2H3,(H2,33,34,36). The Morgan fingerprint density at radius 3 is 2.15 bits per heavy atom. The lowest BCUT2D eigenvalue weighted by molar-refractivity contribution is 0.262. The van der Waals surface area contributed by atoms with Crippen LogP contribution in [0.15, 0.2) is 54.1 Å². The number of hydrogen-bond donors (Lipinski definition) is 2. The molecule has 3 rings (SSSR count). The summed E-state index contributed by atoms with van der Waals surface area (Å²) in [5.74, 6) is 2.28. The minimum Gasteiger partial charge on any atom is -0.493 e. The number of anilines is 2. The first kappa shape index (κ1) is 30.7. The van der Waals surface area contributed by atoms with E-state index in [-0.39, 0.29) is 6.03 Å². The molecule has 0 radical (unpaired) electrons. The number of carbonyl (C=O) groups excluding carboxylic acids is 1. The van der Waals surface area contributed by atoms with Gasteiger partial charge in [0.25, 0.3) is 0 Å².